The highest BCUT2D eigenvalue weighted by atomic mass is 19.4. The van der Waals surface area contributed by atoms with E-state index >= 15 is 0 Å². The van der Waals surface area contributed by atoms with Crippen molar-refractivity contribution in [2.45, 2.75) is 32.5 Å². The lowest BCUT2D eigenvalue weighted by molar-refractivity contribution is -0.138. The van der Waals surface area contributed by atoms with E-state index in [9.17, 15) is 22.8 Å². The molecule has 0 atom stereocenters. The molecule has 1 aromatic carbocycles. The van der Waals surface area contributed by atoms with E-state index in [1.165, 1.54) is 26.8 Å². The fourth-order valence-electron chi connectivity index (χ4n) is 1.66. The van der Waals surface area contributed by atoms with Crippen molar-refractivity contribution in [1.29, 1.82) is 0 Å². The number of hydrogen-bond donors (Lipinski definition) is 1. The summed E-state index contributed by atoms with van der Waals surface area (Å²) in [6, 6.07) is 3.06. The molecule has 0 spiro atoms. The van der Waals surface area contributed by atoms with E-state index in [4.69, 9.17) is 9.84 Å². The SMILES string of the molecule is CC(C)(C)OC(=O)c1c(C=CC(=O)O)cccc1C(F)(F)F. The first kappa shape index (κ1) is 17.7. The zero-order valence-corrected chi connectivity index (χ0v) is 12.2. The molecule has 22 heavy (non-hydrogen) atoms. The van der Waals surface area contributed by atoms with Crippen LogP contribution < -0.4 is 0 Å². The maximum Gasteiger partial charge on any atom is 0.417 e. The van der Waals surface area contributed by atoms with Crippen LogP contribution in [0.1, 0.15) is 42.3 Å². The van der Waals surface area contributed by atoms with Crippen LogP contribution in [0.25, 0.3) is 6.08 Å². The van der Waals surface area contributed by atoms with E-state index in [2.05, 4.69) is 0 Å². The average molecular weight is 316 g/mol. The van der Waals surface area contributed by atoms with Gasteiger partial charge in [0.2, 0.25) is 0 Å². The number of ether oxygens (including phenoxy) is 1. The van der Waals surface area contributed by atoms with Gasteiger partial charge in [-0.1, -0.05) is 12.1 Å². The van der Waals surface area contributed by atoms with Crippen molar-refractivity contribution < 1.29 is 32.6 Å². The molecular formula is C15H15F3O4. The molecule has 0 heterocycles. The van der Waals surface area contributed by atoms with Gasteiger partial charge in [0.05, 0.1) is 11.1 Å². The van der Waals surface area contributed by atoms with Gasteiger partial charge in [-0.05, 0) is 38.5 Å². The van der Waals surface area contributed by atoms with E-state index in [0.717, 1.165) is 18.2 Å². The van der Waals surface area contributed by atoms with Crippen molar-refractivity contribution >= 4 is 18.0 Å². The third-order valence-corrected chi connectivity index (χ3v) is 2.41. The number of carbonyl (C=O) groups excluding carboxylic acids is 1. The Morgan fingerprint density at radius 3 is 2.23 bits per heavy atom. The normalized spacial score (nSPS) is 12.5. The predicted molar refractivity (Wildman–Crippen MR) is 73.3 cm³/mol. The first-order valence-electron chi connectivity index (χ1n) is 6.26. The third-order valence-electron chi connectivity index (χ3n) is 2.41. The van der Waals surface area contributed by atoms with Crippen LogP contribution in [0.5, 0.6) is 0 Å². The number of halogens is 3. The number of aliphatic carboxylic acids is 1. The molecule has 0 aromatic heterocycles. The summed E-state index contributed by atoms with van der Waals surface area (Å²) in [6.45, 7) is 4.57. The molecule has 0 radical (unpaired) electrons. The first-order chi connectivity index (χ1) is 9.92. The van der Waals surface area contributed by atoms with Crippen LogP contribution >= 0.6 is 0 Å². The van der Waals surface area contributed by atoms with Crippen LogP contribution in [0.2, 0.25) is 0 Å². The van der Waals surface area contributed by atoms with Crippen molar-refractivity contribution in [3.63, 3.8) is 0 Å². The Kier molecular flexibility index (Phi) is 5.01. The highest BCUT2D eigenvalue weighted by Gasteiger charge is 2.37. The first-order valence-corrected chi connectivity index (χ1v) is 6.26. The minimum absolute atomic E-state index is 0.175. The number of hydrogen-bond acceptors (Lipinski definition) is 3. The van der Waals surface area contributed by atoms with Crippen molar-refractivity contribution in [3.8, 4) is 0 Å². The van der Waals surface area contributed by atoms with Gasteiger partial charge in [0.15, 0.2) is 0 Å². The number of alkyl halides is 3. The van der Waals surface area contributed by atoms with E-state index in [1.54, 1.807) is 0 Å². The number of benzene rings is 1. The molecular weight excluding hydrogens is 301 g/mol. The van der Waals surface area contributed by atoms with Crippen LogP contribution in [-0.4, -0.2) is 22.6 Å². The van der Waals surface area contributed by atoms with E-state index in [0.29, 0.717) is 6.08 Å². The second-order valence-electron chi connectivity index (χ2n) is 5.44. The molecule has 0 saturated heterocycles. The van der Waals surface area contributed by atoms with Gasteiger partial charge in [0.1, 0.15) is 5.60 Å². The number of esters is 1. The van der Waals surface area contributed by atoms with Crippen LogP contribution in [-0.2, 0) is 15.7 Å². The Bertz CT molecular complexity index is 610. The molecule has 0 aliphatic rings. The van der Waals surface area contributed by atoms with Gasteiger partial charge in [-0.2, -0.15) is 13.2 Å². The lowest BCUT2D eigenvalue weighted by atomic mass is 9.99. The van der Waals surface area contributed by atoms with Gasteiger partial charge in [-0.25, -0.2) is 9.59 Å². The Hall–Kier alpha value is -2.31. The quantitative estimate of drug-likeness (QED) is 0.681. The number of rotatable bonds is 3. The fourth-order valence-corrected chi connectivity index (χ4v) is 1.66. The van der Waals surface area contributed by atoms with Gasteiger partial charge in [-0.15, -0.1) is 0 Å². The lowest BCUT2D eigenvalue weighted by Crippen LogP contribution is -2.26. The molecule has 0 bridgehead atoms. The summed E-state index contributed by atoms with van der Waals surface area (Å²) in [4.78, 5) is 22.6. The number of carboxylic acid groups (broad SMARTS) is 1. The summed E-state index contributed by atoms with van der Waals surface area (Å²) in [6.07, 6.45) is -3.18. The largest absolute Gasteiger partial charge is 0.478 e. The Labute approximate surface area is 125 Å². The Morgan fingerprint density at radius 2 is 1.77 bits per heavy atom. The van der Waals surface area contributed by atoms with Crippen LogP contribution in [0.15, 0.2) is 24.3 Å². The second kappa shape index (κ2) is 6.21. The van der Waals surface area contributed by atoms with Gasteiger partial charge in [-0.3, -0.25) is 0 Å². The number of carbonyl (C=O) groups is 2. The third kappa shape index (κ3) is 4.91. The summed E-state index contributed by atoms with van der Waals surface area (Å²) in [5.41, 5.74) is -3.04. The summed E-state index contributed by atoms with van der Waals surface area (Å²) >= 11 is 0. The average Bonchev–Trinajstić information content (AvgIpc) is 2.32. The molecule has 0 fully saturated rings. The molecule has 0 unspecified atom stereocenters. The van der Waals surface area contributed by atoms with E-state index in [-0.39, 0.29) is 5.56 Å². The van der Waals surface area contributed by atoms with Crippen LogP contribution in [0.4, 0.5) is 13.2 Å². The minimum Gasteiger partial charge on any atom is -0.478 e. The highest BCUT2D eigenvalue weighted by Crippen LogP contribution is 2.34. The van der Waals surface area contributed by atoms with E-state index < -0.39 is 34.8 Å². The second-order valence-corrected chi connectivity index (χ2v) is 5.44. The molecule has 0 aliphatic heterocycles. The van der Waals surface area contributed by atoms with Crippen LogP contribution in [0.3, 0.4) is 0 Å². The van der Waals surface area contributed by atoms with E-state index in [1.807, 2.05) is 0 Å². The van der Waals surface area contributed by atoms with Crippen molar-refractivity contribution in [1.82, 2.24) is 0 Å². The van der Waals surface area contributed by atoms with Crippen molar-refractivity contribution in [2.24, 2.45) is 0 Å². The summed E-state index contributed by atoms with van der Waals surface area (Å²) in [5, 5.41) is 8.59. The highest BCUT2D eigenvalue weighted by molar-refractivity contribution is 5.97. The van der Waals surface area contributed by atoms with Gasteiger partial charge >= 0.3 is 18.1 Å². The van der Waals surface area contributed by atoms with Crippen molar-refractivity contribution in [3.05, 3.63) is 41.0 Å². The minimum atomic E-state index is -4.76. The van der Waals surface area contributed by atoms with Crippen molar-refractivity contribution in [2.75, 3.05) is 0 Å². The molecule has 1 N–H and O–H groups in total. The molecule has 0 saturated carbocycles. The standard InChI is InChI=1S/C15H15F3O4/c1-14(2,3)22-13(21)12-9(7-8-11(19)20)5-4-6-10(12)15(16,17)18/h4-8H,1-3H3,(H,19,20). The molecule has 0 amide bonds. The monoisotopic (exact) mass is 316 g/mol. The molecule has 1 aromatic rings. The summed E-state index contributed by atoms with van der Waals surface area (Å²) < 4.78 is 44.2. The maximum atomic E-state index is 13.1. The van der Waals surface area contributed by atoms with Gasteiger partial charge < -0.3 is 9.84 Å². The van der Waals surface area contributed by atoms with Gasteiger partial charge in [0, 0.05) is 6.08 Å². The zero-order valence-electron chi connectivity index (χ0n) is 12.2. The lowest BCUT2D eigenvalue weighted by Gasteiger charge is -2.22. The molecule has 0 aliphatic carbocycles. The Balaban J connectivity index is 3.47. The number of carboxylic acids is 1. The smallest absolute Gasteiger partial charge is 0.417 e. The molecule has 1 rings (SSSR count). The van der Waals surface area contributed by atoms with Crippen LogP contribution in [0, 0.1) is 0 Å². The maximum absolute atomic E-state index is 13.1. The molecule has 7 heteroatoms. The molecule has 4 nitrogen and oxygen atoms in total. The fraction of sp³-hybridized carbons (Fsp3) is 0.333. The zero-order chi connectivity index (χ0) is 17.1. The summed E-state index contributed by atoms with van der Waals surface area (Å²) in [7, 11) is 0. The summed E-state index contributed by atoms with van der Waals surface area (Å²) in [5.74, 6) is -2.50. The van der Waals surface area contributed by atoms with Gasteiger partial charge in [0.25, 0.3) is 0 Å². The Morgan fingerprint density at radius 1 is 1.18 bits per heavy atom. The predicted octanol–water partition coefficient (Wildman–Crippen LogP) is 3.76. The topological polar surface area (TPSA) is 63.6 Å². The molecule has 120 valence electrons.